The van der Waals surface area contributed by atoms with E-state index in [-0.39, 0.29) is 11.9 Å². The van der Waals surface area contributed by atoms with Crippen molar-refractivity contribution in [2.75, 3.05) is 0 Å². The van der Waals surface area contributed by atoms with Gasteiger partial charge in [-0.15, -0.1) is 0 Å². The van der Waals surface area contributed by atoms with Crippen LogP contribution in [-0.2, 0) is 0 Å². The second-order valence-electron chi connectivity index (χ2n) is 6.87. The summed E-state index contributed by atoms with van der Waals surface area (Å²) in [4.78, 5) is 15.7. The Labute approximate surface area is 125 Å². The van der Waals surface area contributed by atoms with Crippen LogP contribution in [0.3, 0.4) is 0 Å². The maximum atomic E-state index is 12.4. The molecular formula is C18H22N2O. The third-order valence-electron chi connectivity index (χ3n) is 5.57. The summed E-state index contributed by atoms with van der Waals surface area (Å²) < 4.78 is 0. The minimum absolute atomic E-state index is 0.0291. The molecule has 3 heteroatoms. The first-order chi connectivity index (χ1) is 10.2. The Morgan fingerprint density at radius 3 is 2.86 bits per heavy atom. The molecule has 2 saturated carbocycles. The predicted octanol–water partition coefficient (Wildman–Crippen LogP) is 3.72. The number of benzene rings is 1. The highest BCUT2D eigenvalue weighted by molar-refractivity contribution is 5.98. The van der Waals surface area contributed by atoms with Gasteiger partial charge >= 0.3 is 0 Å². The lowest BCUT2D eigenvalue weighted by Crippen LogP contribution is -2.40. The number of para-hydroxylation sites is 1. The Morgan fingerprint density at radius 1 is 1.29 bits per heavy atom. The van der Waals surface area contributed by atoms with Gasteiger partial charge in [-0.2, -0.15) is 0 Å². The number of nitrogens with one attached hydrogen (secondary N) is 2. The summed E-state index contributed by atoms with van der Waals surface area (Å²) in [6.07, 6.45) is 5.46. The minimum Gasteiger partial charge on any atom is -0.351 e. The monoisotopic (exact) mass is 282 g/mol. The van der Waals surface area contributed by atoms with Crippen LogP contribution in [0, 0.1) is 17.8 Å². The Kier molecular flexibility index (Phi) is 3.02. The fourth-order valence-electron chi connectivity index (χ4n) is 4.49. The van der Waals surface area contributed by atoms with Gasteiger partial charge in [-0.3, -0.25) is 4.79 Å². The number of carbonyl (C=O) groups is 1. The highest BCUT2D eigenvalue weighted by atomic mass is 16.1. The molecule has 0 unspecified atom stereocenters. The van der Waals surface area contributed by atoms with E-state index in [1.807, 2.05) is 30.3 Å². The van der Waals surface area contributed by atoms with Crippen molar-refractivity contribution in [2.24, 2.45) is 17.8 Å². The fourth-order valence-corrected chi connectivity index (χ4v) is 4.49. The van der Waals surface area contributed by atoms with Crippen molar-refractivity contribution in [1.29, 1.82) is 0 Å². The molecule has 2 N–H and O–H groups in total. The van der Waals surface area contributed by atoms with Crippen LogP contribution in [0.1, 0.15) is 43.1 Å². The van der Waals surface area contributed by atoms with Crippen LogP contribution in [0.2, 0.25) is 0 Å². The number of rotatable bonds is 3. The second kappa shape index (κ2) is 4.90. The van der Waals surface area contributed by atoms with E-state index >= 15 is 0 Å². The molecule has 4 atom stereocenters. The molecule has 110 valence electrons. The maximum absolute atomic E-state index is 12.4. The van der Waals surface area contributed by atoms with Crippen LogP contribution in [0.5, 0.6) is 0 Å². The van der Waals surface area contributed by atoms with E-state index in [4.69, 9.17) is 0 Å². The normalized spacial score (nSPS) is 28.9. The molecule has 2 aromatic rings. The van der Waals surface area contributed by atoms with Gasteiger partial charge in [0.05, 0.1) is 0 Å². The molecule has 2 aliphatic carbocycles. The molecule has 1 amide bonds. The molecular weight excluding hydrogens is 260 g/mol. The van der Waals surface area contributed by atoms with Gasteiger partial charge in [-0.05, 0) is 56.1 Å². The standard InChI is InChI=1S/C18H22N2O/c1-11(15-9-12-6-7-13(15)8-12)19-18(21)17-10-14-4-2-3-5-16(14)20-17/h2-5,10-13,15,20H,6-9H2,1H3,(H,19,21)/t11-,12+,13+,15+/m1/s1. The van der Waals surface area contributed by atoms with Gasteiger partial charge in [0.1, 0.15) is 5.69 Å². The third kappa shape index (κ3) is 2.25. The molecule has 0 aliphatic heterocycles. The van der Waals surface area contributed by atoms with E-state index < -0.39 is 0 Å². The highest BCUT2D eigenvalue weighted by Crippen LogP contribution is 2.49. The number of hydrogen-bond donors (Lipinski definition) is 2. The number of fused-ring (bicyclic) bond motifs is 3. The Bertz CT molecular complexity index is 642. The van der Waals surface area contributed by atoms with Crippen molar-refractivity contribution < 1.29 is 4.79 Å². The summed E-state index contributed by atoms with van der Waals surface area (Å²) >= 11 is 0. The van der Waals surface area contributed by atoms with Gasteiger partial charge in [-0.25, -0.2) is 0 Å². The molecule has 0 radical (unpaired) electrons. The average Bonchev–Trinajstić information content (AvgIpc) is 3.21. The lowest BCUT2D eigenvalue weighted by atomic mass is 9.84. The molecule has 3 nitrogen and oxygen atoms in total. The zero-order valence-electron chi connectivity index (χ0n) is 12.4. The topological polar surface area (TPSA) is 44.9 Å². The summed E-state index contributed by atoms with van der Waals surface area (Å²) in [5, 5.41) is 4.31. The second-order valence-corrected chi connectivity index (χ2v) is 6.87. The van der Waals surface area contributed by atoms with E-state index in [0.717, 1.165) is 22.7 Å². The van der Waals surface area contributed by atoms with Gasteiger partial charge in [0, 0.05) is 16.9 Å². The summed E-state index contributed by atoms with van der Waals surface area (Å²) in [5.41, 5.74) is 1.70. The average molecular weight is 282 g/mol. The van der Waals surface area contributed by atoms with Gasteiger partial charge in [0.25, 0.3) is 5.91 Å². The highest BCUT2D eigenvalue weighted by Gasteiger charge is 2.42. The van der Waals surface area contributed by atoms with Crippen LogP contribution >= 0.6 is 0 Å². The summed E-state index contributed by atoms with van der Waals surface area (Å²) in [7, 11) is 0. The summed E-state index contributed by atoms with van der Waals surface area (Å²) in [6, 6.07) is 10.2. The molecule has 1 aromatic carbocycles. The quantitative estimate of drug-likeness (QED) is 0.885. The zero-order chi connectivity index (χ0) is 14.4. The van der Waals surface area contributed by atoms with Crippen molar-refractivity contribution in [3.05, 3.63) is 36.0 Å². The maximum Gasteiger partial charge on any atom is 0.267 e. The first-order valence-electron chi connectivity index (χ1n) is 8.09. The zero-order valence-corrected chi connectivity index (χ0v) is 12.4. The number of aromatic amines is 1. The minimum atomic E-state index is 0.0291. The number of amides is 1. The molecule has 2 fully saturated rings. The molecule has 1 aromatic heterocycles. The van der Waals surface area contributed by atoms with E-state index in [2.05, 4.69) is 17.2 Å². The van der Waals surface area contributed by atoms with Crippen LogP contribution in [0.15, 0.2) is 30.3 Å². The van der Waals surface area contributed by atoms with Crippen LogP contribution in [0.25, 0.3) is 10.9 Å². The Balaban J connectivity index is 1.47. The van der Waals surface area contributed by atoms with E-state index in [0.29, 0.717) is 11.6 Å². The fraction of sp³-hybridized carbons (Fsp3) is 0.500. The van der Waals surface area contributed by atoms with Crippen LogP contribution in [0.4, 0.5) is 0 Å². The number of H-pyrrole nitrogens is 1. The number of carbonyl (C=O) groups excluding carboxylic acids is 1. The van der Waals surface area contributed by atoms with Gasteiger partial charge in [0.2, 0.25) is 0 Å². The molecule has 21 heavy (non-hydrogen) atoms. The SMILES string of the molecule is C[C@@H](NC(=O)c1cc2ccccc2[nH]1)[C@@H]1C[C@H]2CC[C@H]1C2. The smallest absolute Gasteiger partial charge is 0.267 e. The lowest BCUT2D eigenvalue weighted by Gasteiger charge is -2.28. The van der Waals surface area contributed by atoms with Gasteiger partial charge < -0.3 is 10.3 Å². The molecule has 2 aliphatic rings. The van der Waals surface area contributed by atoms with Crippen LogP contribution in [-0.4, -0.2) is 16.9 Å². The van der Waals surface area contributed by atoms with Crippen molar-refractivity contribution >= 4 is 16.8 Å². The summed E-state index contributed by atoms with van der Waals surface area (Å²) in [6.45, 7) is 2.17. The Morgan fingerprint density at radius 2 is 2.14 bits per heavy atom. The molecule has 0 spiro atoms. The van der Waals surface area contributed by atoms with Crippen molar-refractivity contribution in [3.63, 3.8) is 0 Å². The van der Waals surface area contributed by atoms with E-state index in [9.17, 15) is 4.79 Å². The third-order valence-corrected chi connectivity index (χ3v) is 5.57. The Hall–Kier alpha value is -1.77. The van der Waals surface area contributed by atoms with Gasteiger partial charge in [-0.1, -0.05) is 24.6 Å². The van der Waals surface area contributed by atoms with Crippen molar-refractivity contribution in [1.82, 2.24) is 10.3 Å². The number of aromatic nitrogens is 1. The first-order valence-corrected chi connectivity index (χ1v) is 8.09. The van der Waals surface area contributed by atoms with Crippen molar-refractivity contribution in [2.45, 2.75) is 38.6 Å². The molecule has 0 saturated heterocycles. The number of hydrogen-bond acceptors (Lipinski definition) is 1. The van der Waals surface area contributed by atoms with Crippen LogP contribution < -0.4 is 5.32 Å². The molecule has 1 heterocycles. The molecule has 2 bridgehead atoms. The predicted molar refractivity (Wildman–Crippen MR) is 84.2 cm³/mol. The van der Waals surface area contributed by atoms with E-state index in [1.165, 1.54) is 25.7 Å². The summed E-state index contributed by atoms with van der Waals surface area (Å²) in [5.74, 6) is 2.47. The van der Waals surface area contributed by atoms with Crippen molar-refractivity contribution in [3.8, 4) is 0 Å². The first kappa shape index (κ1) is 12.9. The largest absolute Gasteiger partial charge is 0.351 e. The molecule has 4 rings (SSSR count). The van der Waals surface area contributed by atoms with Gasteiger partial charge in [0.15, 0.2) is 0 Å². The van der Waals surface area contributed by atoms with E-state index in [1.54, 1.807) is 0 Å². The lowest BCUT2D eigenvalue weighted by molar-refractivity contribution is 0.0911.